The van der Waals surface area contributed by atoms with Crippen molar-refractivity contribution in [2.45, 2.75) is 39.5 Å². The zero-order valence-electron chi connectivity index (χ0n) is 41.5. The van der Waals surface area contributed by atoms with Crippen molar-refractivity contribution in [3.8, 4) is 22.3 Å². The summed E-state index contributed by atoms with van der Waals surface area (Å²) in [5.41, 5.74) is 17.1. The van der Waals surface area contributed by atoms with E-state index in [-0.39, 0.29) is 0 Å². The summed E-state index contributed by atoms with van der Waals surface area (Å²) in [6.07, 6.45) is 4.00. The maximum absolute atomic E-state index is 7.08. The number of hydrogen-bond acceptors (Lipinski definition) is 4. The second-order valence-corrected chi connectivity index (χ2v) is 19.7. The van der Waals surface area contributed by atoms with Gasteiger partial charge < -0.3 is 18.6 Å². The zero-order chi connectivity index (χ0) is 49.3. The third-order valence-electron chi connectivity index (χ3n) is 15.3. The molecule has 0 bridgehead atoms. The number of anilines is 6. The first-order chi connectivity index (χ1) is 36.6. The predicted octanol–water partition coefficient (Wildman–Crippen LogP) is 20.6. The summed E-state index contributed by atoms with van der Waals surface area (Å²) < 4.78 is 14.2. The molecule has 0 saturated heterocycles. The molecule has 12 aromatic carbocycles. The molecule has 0 aliphatic rings. The average Bonchev–Trinajstić information content (AvgIpc) is 4.09. The third-order valence-corrected chi connectivity index (χ3v) is 15.3. The Labute approximate surface area is 430 Å². The normalized spacial score (nSPS) is 11.9. The molecular weight excluding hydrogens is 901 g/mol. The molecule has 0 unspecified atom stereocenters. The largest absolute Gasteiger partial charge is 0.454 e. The molecular formula is C70H52N2O2. The van der Waals surface area contributed by atoms with Crippen LogP contribution in [-0.4, -0.2) is 0 Å². The van der Waals surface area contributed by atoms with E-state index in [0.717, 1.165) is 114 Å². The molecule has 2 aromatic heterocycles. The van der Waals surface area contributed by atoms with E-state index in [1.54, 1.807) is 0 Å². The van der Waals surface area contributed by atoms with Gasteiger partial charge in [-0.2, -0.15) is 0 Å². The van der Waals surface area contributed by atoms with Gasteiger partial charge in [-0.15, -0.1) is 0 Å². The van der Waals surface area contributed by atoms with Crippen molar-refractivity contribution in [3.05, 3.63) is 242 Å². The van der Waals surface area contributed by atoms with Crippen LogP contribution in [0, 0.1) is 0 Å². The second kappa shape index (κ2) is 17.9. The van der Waals surface area contributed by atoms with Gasteiger partial charge in [0.15, 0.2) is 11.2 Å². The Morgan fingerprint density at radius 3 is 1.05 bits per heavy atom. The maximum Gasteiger partial charge on any atom is 0.159 e. The number of fused-ring (bicyclic) bond motifs is 6. The highest BCUT2D eigenvalue weighted by atomic mass is 16.3. The molecule has 0 fully saturated rings. The van der Waals surface area contributed by atoms with Gasteiger partial charge in [-0.25, -0.2) is 0 Å². The first kappa shape index (κ1) is 43.7. The smallest absolute Gasteiger partial charge is 0.159 e. The number of para-hydroxylation sites is 4. The molecule has 0 aliphatic carbocycles. The topological polar surface area (TPSA) is 32.8 Å². The number of nitrogens with zero attached hydrogens (tertiary/aromatic N) is 2. The van der Waals surface area contributed by atoms with Crippen LogP contribution in [0.4, 0.5) is 34.1 Å². The van der Waals surface area contributed by atoms with Gasteiger partial charge in [-0.05, 0) is 116 Å². The summed E-state index contributed by atoms with van der Waals surface area (Å²) in [4.78, 5) is 4.84. The minimum atomic E-state index is 0.877. The van der Waals surface area contributed by atoms with Crippen molar-refractivity contribution in [1.82, 2.24) is 0 Å². The Bertz CT molecular complexity index is 4100. The molecule has 0 aliphatic heterocycles. The number of aryl methyl sites for hydroxylation is 2. The Balaban J connectivity index is 1.00. The van der Waals surface area contributed by atoms with E-state index >= 15 is 0 Å². The predicted molar refractivity (Wildman–Crippen MR) is 313 cm³/mol. The van der Waals surface area contributed by atoms with E-state index in [0.29, 0.717) is 0 Å². The van der Waals surface area contributed by atoms with Crippen LogP contribution in [0.25, 0.3) is 98.4 Å². The standard InChI is InChI=1S/C70H52N2O2/c1-3-15-51-21-11-23-55-57-25-13-27-63(69(57)73-67(51)55)71(53-37-29-47(30-38-53)45-17-7-5-8-18-45)61-43-35-49-34-42-60-62(44-36-50-33-41-59(61)65(49)66(50)60)72(54-39-31-48(32-40-54)46-19-9-6-10-20-46)64-28-14-26-58-56-24-12-22-52(16-4-2)68(56)74-70(58)64/h5-14,17-44H,3-4,15-16H2,1-2H3. The quantitative estimate of drug-likeness (QED) is 0.114. The highest BCUT2D eigenvalue weighted by Gasteiger charge is 2.26. The fourth-order valence-corrected chi connectivity index (χ4v) is 11.9. The lowest BCUT2D eigenvalue weighted by atomic mass is 9.91. The summed E-state index contributed by atoms with van der Waals surface area (Å²) in [5.74, 6) is 0. The summed E-state index contributed by atoms with van der Waals surface area (Å²) in [6, 6.07) is 84.1. The summed E-state index contributed by atoms with van der Waals surface area (Å²) >= 11 is 0. The fraction of sp³-hybridized carbons (Fsp3) is 0.0857. The number of hydrogen-bond donors (Lipinski definition) is 0. The van der Waals surface area contributed by atoms with E-state index in [9.17, 15) is 0 Å². The average molecular weight is 953 g/mol. The number of benzene rings is 12. The van der Waals surface area contributed by atoms with Gasteiger partial charge in [0.1, 0.15) is 11.2 Å². The first-order valence-electron chi connectivity index (χ1n) is 26.1. The number of rotatable bonds is 12. The zero-order valence-corrected chi connectivity index (χ0v) is 41.5. The third kappa shape index (κ3) is 7.04. The molecule has 2 heterocycles. The summed E-state index contributed by atoms with van der Waals surface area (Å²) in [5, 5.41) is 11.6. The summed E-state index contributed by atoms with van der Waals surface area (Å²) in [6.45, 7) is 4.46. The summed E-state index contributed by atoms with van der Waals surface area (Å²) in [7, 11) is 0. The Kier molecular flexibility index (Phi) is 10.5. The van der Waals surface area contributed by atoms with E-state index in [4.69, 9.17) is 8.83 Å². The molecule has 0 radical (unpaired) electrons. The van der Waals surface area contributed by atoms with Gasteiger partial charge >= 0.3 is 0 Å². The second-order valence-electron chi connectivity index (χ2n) is 19.7. The Hall–Kier alpha value is -9.12. The van der Waals surface area contributed by atoms with E-state index in [1.807, 2.05) is 0 Å². The van der Waals surface area contributed by atoms with Crippen LogP contribution in [0.2, 0.25) is 0 Å². The molecule has 0 amide bonds. The Morgan fingerprint density at radius 2 is 0.649 bits per heavy atom. The minimum Gasteiger partial charge on any atom is -0.454 e. The molecule has 354 valence electrons. The van der Waals surface area contributed by atoms with Crippen LogP contribution in [0.15, 0.2) is 239 Å². The van der Waals surface area contributed by atoms with Crippen LogP contribution in [-0.2, 0) is 12.8 Å². The SMILES string of the molecule is CCCc1cccc2c1oc1c(N(c3ccc(-c4ccccc4)cc3)c3ccc4ccc5c(N(c6ccc(-c7ccccc7)cc6)c6cccc7c6oc6c(CCC)cccc67)ccc6ccc3c4c65)cccc12. The monoisotopic (exact) mass is 952 g/mol. The first-order valence-corrected chi connectivity index (χ1v) is 26.1. The van der Waals surface area contributed by atoms with Crippen molar-refractivity contribution in [2.24, 2.45) is 0 Å². The highest BCUT2D eigenvalue weighted by molar-refractivity contribution is 6.29. The lowest BCUT2D eigenvalue weighted by molar-refractivity contribution is 0.661. The van der Waals surface area contributed by atoms with Crippen molar-refractivity contribution in [1.29, 1.82) is 0 Å². The van der Waals surface area contributed by atoms with E-state index < -0.39 is 0 Å². The molecule has 0 N–H and O–H groups in total. The Morgan fingerprint density at radius 1 is 0.284 bits per heavy atom. The van der Waals surface area contributed by atoms with Crippen LogP contribution in [0.1, 0.15) is 37.8 Å². The molecule has 74 heavy (non-hydrogen) atoms. The van der Waals surface area contributed by atoms with Gasteiger partial charge in [0, 0.05) is 43.7 Å². The van der Waals surface area contributed by atoms with Crippen molar-refractivity contribution >= 4 is 110 Å². The molecule has 0 spiro atoms. The van der Waals surface area contributed by atoms with E-state index in [2.05, 4.69) is 254 Å². The van der Waals surface area contributed by atoms with Gasteiger partial charge in [0.2, 0.25) is 0 Å². The molecule has 4 heteroatoms. The fourth-order valence-electron chi connectivity index (χ4n) is 11.9. The van der Waals surface area contributed by atoms with Crippen molar-refractivity contribution in [3.63, 3.8) is 0 Å². The van der Waals surface area contributed by atoms with Crippen LogP contribution in [0.3, 0.4) is 0 Å². The van der Waals surface area contributed by atoms with Crippen molar-refractivity contribution in [2.75, 3.05) is 9.80 Å². The van der Waals surface area contributed by atoms with Gasteiger partial charge in [0.25, 0.3) is 0 Å². The minimum absolute atomic E-state index is 0.877. The van der Waals surface area contributed by atoms with Gasteiger partial charge in [-0.3, -0.25) is 0 Å². The molecule has 14 aromatic rings. The molecule has 4 nitrogen and oxygen atoms in total. The van der Waals surface area contributed by atoms with Crippen molar-refractivity contribution < 1.29 is 8.83 Å². The molecule has 0 atom stereocenters. The van der Waals surface area contributed by atoms with Crippen LogP contribution < -0.4 is 9.80 Å². The van der Waals surface area contributed by atoms with Gasteiger partial charge in [0.05, 0.1) is 22.7 Å². The molecule has 14 rings (SSSR count). The van der Waals surface area contributed by atoms with E-state index in [1.165, 1.54) is 54.9 Å². The lowest BCUT2D eigenvalue weighted by Crippen LogP contribution is -2.12. The van der Waals surface area contributed by atoms with Crippen LogP contribution >= 0.6 is 0 Å². The maximum atomic E-state index is 7.08. The molecule has 0 saturated carbocycles. The van der Waals surface area contributed by atoms with Crippen LogP contribution in [0.5, 0.6) is 0 Å². The van der Waals surface area contributed by atoms with Gasteiger partial charge in [-0.1, -0.05) is 209 Å². The highest BCUT2D eigenvalue weighted by Crippen LogP contribution is 2.51. The lowest BCUT2D eigenvalue weighted by Gasteiger charge is -2.29. The number of furan rings is 2.